The second-order valence-electron chi connectivity index (χ2n) is 3.11. The van der Waals surface area contributed by atoms with Crippen molar-refractivity contribution in [3.63, 3.8) is 0 Å². The minimum atomic E-state index is -0.769. The van der Waals surface area contributed by atoms with Gasteiger partial charge in [-0.1, -0.05) is 42.5 Å². The van der Waals surface area contributed by atoms with Gasteiger partial charge >= 0.3 is 5.97 Å². The van der Waals surface area contributed by atoms with Crippen LogP contribution in [0.3, 0.4) is 0 Å². The molecular formula is C12H14O2. The Morgan fingerprint density at radius 2 is 2.07 bits per heavy atom. The van der Waals surface area contributed by atoms with E-state index in [9.17, 15) is 4.79 Å². The summed E-state index contributed by atoms with van der Waals surface area (Å²) in [7, 11) is 0. The van der Waals surface area contributed by atoms with E-state index in [0.29, 0.717) is 6.42 Å². The lowest BCUT2D eigenvalue weighted by Gasteiger charge is -2.09. The summed E-state index contributed by atoms with van der Waals surface area (Å²) in [6.45, 7) is 1.89. The number of carboxylic acid groups (broad SMARTS) is 1. The van der Waals surface area contributed by atoms with Crippen LogP contribution in [0.4, 0.5) is 0 Å². The molecule has 1 N–H and O–H groups in total. The Kier molecular flexibility index (Phi) is 3.92. The molecule has 1 aromatic carbocycles. The highest BCUT2D eigenvalue weighted by Crippen LogP contribution is 2.19. The molecule has 0 spiro atoms. The van der Waals surface area contributed by atoms with Crippen LogP contribution >= 0.6 is 0 Å². The topological polar surface area (TPSA) is 37.3 Å². The molecule has 1 rings (SSSR count). The molecule has 0 bridgehead atoms. The summed E-state index contributed by atoms with van der Waals surface area (Å²) in [5, 5.41) is 9.02. The van der Waals surface area contributed by atoms with Crippen LogP contribution in [-0.2, 0) is 4.79 Å². The Hall–Kier alpha value is -1.57. The minimum absolute atomic E-state index is 0.424. The molecule has 2 nitrogen and oxygen atoms in total. The van der Waals surface area contributed by atoms with Gasteiger partial charge in [0.1, 0.15) is 0 Å². The van der Waals surface area contributed by atoms with Crippen LogP contribution in [0.2, 0.25) is 0 Å². The summed E-state index contributed by atoms with van der Waals surface area (Å²) in [6.07, 6.45) is 4.31. The van der Waals surface area contributed by atoms with Gasteiger partial charge in [0.25, 0.3) is 0 Å². The van der Waals surface area contributed by atoms with E-state index in [-0.39, 0.29) is 0 Å². The highest BCUT2D eigenvalue weighted by Gasteiger charge is 2.17. The molecule has 0 aliphatic heterocycles. The van der Waals surface area contributed by atoms with Gasteiger partial charge in [-0.05, 0) is 18.9 Å². The van der Waals surface area contributed by atoms with Crippen molar-refractivity contribution in [2.75, 3.05) is 0 Å². The van der Waals surface area contributed by atoms with Crippen LogP contribution < -0.4 is 0 Å². The molecule has 1 unspecified atom stereocenters. The summed E-state index contributed by atoms with van der Waals surface area (Å²) >= 11 is 0. The highest BCUT2D eigenvalue weighted by molar-refractivity contribution is 5.76. The molecule has 0 aliphatic rings. The summed E-state index contributed by atoms with van der Waals surface area (Å²) in [4.78, 5) is 11.0. The first kappa shape index (κ1) is 10.5. The van der Waals surface area contributed by atoms with Crippen molar-refractivity contribution in [2.45, 2.75) is 19.3 Å². The first-order valence-electron chi connectivity index (χ1n) is 4.64. The summed E-state index contributed by atoms with van der Waals surface area (Å²) in [5.41, 5.74) is 0.859. The van der Waals surface area contributed by atoms with Crippen molar-refractivity contribution in [2.24, 2.45) is 0 Å². The SMILES string of the molecule is CC=CCC(C(=O)O)c1ccccc1. The van der Waals surface area contributed by atoms with Crippen LogP contribution in [-0.4, -0.2) is 11.1 Å². The number of allylic oxidation sites excluding steroid dienone is 2. The van der Waals surface area contributed by atoms with Crippen molar-refractivity contribution >= 4 is 5.97 Å². The number of hydrogen-bond acceptors (Lipinski definition) is 1. The lowest BCUT2D eigenvalue weighted by Crippen LogP contribution is -2.10. The molecule has 0 aromatic heterocycles. The Bertz CT molecular complexity index is 314. The van der Waals surface area contributed by atoms with Gasteiger partial charge in [-0.25, -0.2) is 0 Å². The van der Waals surface area contributed by atoms with Gasteiger partial charge in [-0.2, -0.15) is 0 Å². The molecule has 0 heterocycles. The molecule has 14 heavy (non-hydrogen) atoms. The molecule has 1 aromatic rings. The second kappa shape index (κ2) is 5.22. The maximum Gasteiger partial charge on any atom is 0.311 e. The van der Waals surface area contributed by atoms with Crippen molar-refractivity contribution in [1.29, 1.82) is 0 Å². The third-order valence-electron chi connectivity index (χ3n) is 2.11. The first-order valence-corrected chi connectivity index (χ1v) is 4.64. The first-order chi connectivity index (χ1) is 6.75. The van der Waals surface area contributed by atoms with E-state index >= 15 is 0 Å². The van der Waals surface area contributed by atoms with Crippen molar-refractivity contribution in [3.05, 3.63) is 48.0 Å². The molecular weight excluding hydrogens is 176 g/mol. The predicted molar refractivity (Wildman–Crippen MR) is 56.2 cm³/mol. The van der Waals surface area contributed by atoms with Crippen LogP contribution in [0.15, 0.2) is 42.5 Å². The largest absolute Gasteiger partial charge is 0.481 e. The van der Waals surface area contributed by atoms with E-state index in [4.69, 9.17) is 5.11 Å². The quantitative estimate of drug-likeness (QED) is 0.741. The Labute approximate surface area is 83.9 Å². The van der Waals surface area contributed by atoms with Crippen LogP contribution in [0.25, 0.3) is 0 Å². The lowest BCUT2D eigenvalue weighted by atomic mass is 9.96. The number of benzene rings is 1. The zero-order chi connectivity index (χ0) is 10.4. The number of carboxylic acids is 1. The number of aliphatic carboxylic acids is 1. The third-order valence-corrected chi connectivity index (χ3v) is 2.11. The summed E-state index contributed by atoms with van der Waals surface area (Å²) in [5.74, 6) is -1.19. The van der Waals surface area contributed by atoms with E-state index in [0.717, 1.165) is 5.56 Å². The number of rotatable bonds is 4. The molecule has 0 saturated carbocycles. The smallest absolute Gasteiger partial charge is 0.311 e. The molecule has 0 radical (unpaired) electrons. The maximum atomic E-state index is 11.0. The van der Waals surface area contributed by atoms with Gasteiger partial charge in [0.15, 0.2) is 0 Å². The van der Waals surface area contributed by atoms with Gasteiger partial charge in [0, 0.05) is 0 Å². The monoisotopic (exact) mass is 190 g/mol. The van der Waals surface area contributed by atoms with Gasteiger partial charge in [-0.3, -0.25) is 4.79 Å². The second-order valence-corrected chi connectivity index (χ2v) is 3.11. The number of hydrogen-bond donors (Lipinski definition) is 1. The van der Waals surface area contributed by atoms with Gasteiger partial charge in [0.05, 0.1) is 5.92 Å². The number of carbonyl (C=O) groups is 1. The van der Waals surface area contributed by atoms with Crippen LogP contribution in [0, 0.1) is 0 Å². The summed E-state index contributed by atoms with van der Waals surface area (Å²) < 4.78 is 0. The summed E-state index contributed by atoms with van der Waals surface area (Å²) in [6, 6.07) is 9.31. The third kappa shape index (κ3) is 2.73. The van der Waals surface area contributed by atoms with E-state index in [1.165, 1.54) is 0 Å². The average molecular weight is 190 g/mol. The zero-order valence-corrected chi connectivity index (χ0v) is 8.18. The van der Waals surface area contributed by atoms with Crippen molar-refractivity contribution < 1.29 is 9.90 Å². The molecule has 0 aliphatic carbocycles. The van der Waals surface area contributed by atoms with E-state index in [2.05, 4.69) is 0 Å². The van der Waals surface area contributed by atoms with E-state index < -0.39 is 11.9 Å². The van der Waals surface area contributed by atoms with Crippen LogP contribution in [0.5, 0.6) is 0 Å². The molecule has 74 valence electrons. The van der Waals surface area contributed by atoms with E-state index in [1.54, 1.807) is 0 Å². The Morgan fingerprint density at radius 3 is 2.57 bits per heavy atom. The van der Waals surface area contributed by atoms with Gasteiger partial charge in [-0.15, -0.1) is 0 Å². The normalized spacial score (nSPS) is 12.9. The minimum Gasteiger partial charge on any atom is -0.481 e. The Balaban J connectivity index is 2.83. The fraction of sp³-hybridized carbons (Fsp3) is 0.250. The zero-order valence-electron chi connectivity index (χ0n) is 8.18. The fourth-order valence-corrected chi connectivity index (χ4v) is 1.34. The van der Waals surface area contributed by atoms with E-state index in [1.807, 2.05) is 49.4 Å². The maximum absolute atomic E-state index is 11.0. The van der Waals surface area contributed by atoms with Crippen LogP contribution in [0.1, 0.15) is 24.8 Å². The standard InChI is InChI=1S/C12H14O2/c1-2-3-9-11(12(13)14)10-7-5-4-6-8-10/h2-8,11H,9H2,1H3,(H,13,14). The van der Waals surface area contributed by atoms with Gasteiger partial charge < -0.3 is 5.11 Å². The van der Waals surface area contributed by atoms with Crippen molar-refractivity contribution in [1.82, 2.24) is 0 Å². The predicted octanol–water partition coefficient (Wildman–Crippen LogP) is 2.82. The Morgan fingerprint density at radius 1 is 1.43 bits per heavy atom. The highest BCUT2D eigenvalue weighted by atomic mass is 16.4. The molecule has 2 heteroatoms. The molecule has 0 saturated heterocycles. The van der Waals surface area contributed by atoms with Crippen molar-refractivity contribution in [3.8, 4) is 0 Å². The lowest BCUT2D eigenvalue weighted by molar-refractivity contribution is -0.138. The molecule has 0 fully saturated rings. The fourth-order valence-electron chi connectivity index (χ4n) is 1.34. The average Bonchev–Trinajstić information content (AvgIpc) is 2.19. The molecule has 1 atom stereocenters. The van der Waals surface area contributed by atoms with Gasteiger partial charge in [0.2, 0.25) is 0 Å². The molecule has 0 amide bonds.